The zero-order valence-electron chi connectivity index (χ0n) is 18.4. The maximum Gasteiger partial charge on any atom is 0.337 e. The molecule has 1 atom stereocenters. The number of nitrogens with two attached hydrogens (primary N) is 1. The van der Waals surface area contributed by atoms with E-state index in [0.29, 0.717) is 23.6 Å². The molecule has 0 aliphatic carbocycles. The van der Waals surface area contributed by atoms with Crippen molar-refractivity contribution < 1.29 is 14.6 Å². The number of aliphatic hydroxyl groups excluding tert-OH is 1. The molecular weight excluding hydrogens is 368 g/mol. The largest absolute Gasteiger partial charge is 0.459 e. The average Bonchev–Trinajstić information content (AvgIpc) is 2.93. The van der Waals surface area contributed by atoms with E-state index in [1.165, 1.54) is 0 Å². The summed E-state index contributed by atoms with van der Waals surface area (Å²) in [5.74, 6) is 0.671. The van der Waals surface area contributed by atoms with Crippen LogP contribution in [0.4, 0.5) is 5.82 Å². The highest BCUT2D eigenvalue weighted by Crippen LogP contribution is 2.32. The van der Waals surface area contributed by atoms with Gasteiger partial charge in [-0.3, -0.25) is 0 Å². The molecule has 0 aliphatic heterocycles. The number of fused-ring (bicyclic) bond motifs is 1. The zero-order valence-corrected chi connectivity index (χ0v) is 18.4. The molecule has 2 aromatic heterocycles. The van der Waals surface area contributed by atoms with E-state index in [9.17, 15) is 9.90 Å². The van der Waals surface area contributed by atoms with Crippen molar-refractivity contribution in [1.29, 1.82) is 0 Å². The lowest BCUT2D eigenvalue weighted by Gasteiger charge is -2.21. The van der Waals surface area contributed by atoms with Gasteiger partial charge >= 0.3 is 5.97 Å². The van der Waals surface area contributed by atoms with Gasteiger partial charge in [0.2, 0.25) is 0 Å². The Morgan fingerprint density at radius 1 is 1.31 bits per heavy atom. The number of rotatable bonds is 6. The molecule has 7 nitrogen and oxygen atoms in total. The highest BCUT2D eigenvalue weighted by atomic mass is 16.5. The third-order valence-electron chi connectivity index (χ3n) is 4.32. The van der Waals surface area contributed by atoms with Crippen LogP contribution >= 0.6 is 0 Å². The summed E-state index contributed by atoms with van der Waals surface area (Å²) in [4.78, 5) is 21.3. The number of hydrogen-bond acceptors (Lipinski definition) is 6. The Morgan fingerprint density at radius 3 is 2.45 bits per heavy atom. The van der Waals surface area contributed by atoms with Crippen LogP contribution in [-0.4, -0.2) is 37.8 Å². The molecule has 0 fully saturated rings. The van der Waals surface area contributed by atoms with E-state index in [-0.39, 0.29) is 17.1 Å². The predicted octanol–water partition coefficient (Wildman–Crippen LogP) is 3.52. The molecule has 2 rings (SSSR count). The number of nitrogens with zero attached hydrogens (tertiary/aromatic N) is 3. The Balaban J connectivity index is 2.69. The number of carbonyl (C=O) groups excluding carboxylic acids is 1. The van der Waals surface area contributed by atoms with Crippen LogP contribution in [0.25, 0.3) is 17.1 Å². The second-order valence-electron chi connectivity index (χ2n) is 8.65. The van der Waals surface area contributed by atoms with Gasteiger partial charge in [-0.25, -0.2) is 14.8 Å². The second-order valence-corrected chi connectivity index (χ2v) is 8.65. The lowest BCUT2D eigenvalue weighted by molar-refractivity contribution is -0.142. The van der Waals surface area contributed by atoms with Crippen LogP contribution in [0.3, 0.4) is 0 Å². The first-order chi connectivity index (χ1) is 13.3. The molecule has 2 aromatic rings. The fraction of sp³-hybridized carbons (Fsp3) is 0.500. The number of esters is 1. The smallest absolute Gasteiger partial charge is 0.337 e. The Kier molecular flexibility index (Phi) is 6.53. The molecule has 1 unspecified atom stereocenters. The zero-order chi connectivity index (χ0) is 22.1. The molecule has 3 N–H and O–H groups in total. The summed E-state index contributed by atoms with van der Waals surface area (Å²) in [6, 6.07) is 0. The molecular formula is C22H32N4O3. The van der Waals surface area contributed by atoms with Crippen LogP contribution in [0, 0.1) is 6.92 Å². The fourth-order valence-corrected chi connectivity index (χ4v) is 3.13. The SMILES string of the molecule is C=C(C=Cc1c(C)nc(N)c2nc(C(C)(C)C)n(CC(C)O)c12)C(=O)OC(C)C. The topological polar surface area (TPSA) is 103 Å². The molecule has 0 spiro atoms. The molecule has 0 saturated carbocycles. The van der Waals surface area contributed by atoms with Crippen LogP contribution < -0.4 is 5.73 Å². The molecule has 2 heterocycles. The minimum Gasteiger partial charge on any atom is -0.459 e. The minimum atomic E-state index is -0.573. The van der Waals surface area contributed by atoms with Crippen molar-refractivity contribution in [2.24, 2.45) is 0 Å². The van der Waals surface area contributed by atoms with Gasteiger partial charge in [0.15, 0.2) is 5.82 Å². The lowest BCUT2D eigenvalue weighted by Crippen LogP contribution is -2.22. The first-order valence-corrected chi connectivity index (χ1v) is 9.75. The third kappa shape index (κ3) is 5.03. The number of aromatic nitrogens is 3. The lowest BCUT2D eigenvalue weighted by atomic mass is 9.95. The Labute approximate surface area is 172 Å². The van der Waals surface area contributed by atoms with Gasteiger partial charge in [0.25, 0.3) is 0 Å². The molecule has 7 heteroatoms. The summed E-state index contributed by atoms with van der Waals surface area (Å²) in [6.45, 7) is 17.5. The van der Waals surface area contributed by atoms with E-state index in [4.69, 9.17) is 15.5 Å². The van der Waals surface area contributed by atoms with Crippen LogP contribution in [0.15, 0.2) is 18.2 Å². The quantitative estimate of drug-likeness (QED) is 0.437. The van der Waals surface area contributed by atoms with Crippen molar-refractivity contribution >= 4 is 28.9 Å². The van der Waals surface area contributed by atoms with Gasteiger partial charge in [0.1, 0.15) is 11.3 Å². The van der Waals surface area contributed by atoms with E-state index in [2.05, 4.69) is 32.3 Å². The van der Waals surface area contributed by atoms with Gasteiger partial charge < -0.3 is 20.1 Å². The normalized spacial score (nSPS) is 13.4. The number of aryl methyl sites for hydroxylation is 1. The van der Waals surface area contributed by atoms with E-state index in [1.54, 1.807) is 32.9 Å². The number of carbonyl (C=O) groups is 1. The first kappa shape index (κ1) is 22.6. The van der Waals surface area contributed by atoms with E-state index in [1.807, 2.05) is 11.5 Å². The molecule has 29 heavy (non-hydrogen) atoms. The van der Waals surface area contributed by atoms with Crippen LogP contribution in [-0.2, 0) is 21.5 Å². The number of pyridine rings is 1. The van der Waals surface area contributed by atoms with E-state index in [0.717, 1.165) is 16.9 Å². The molecule has 0 bridgehead atoms. The van der Waals surface area contributed by atoms with E-state index >= 15 is 0 Å². The summed E-state index contributed by atoms with van der Waals surface area (Å²) >= 11 is 0. The Bertz CT molecular complexity index is 963. The molecule has 0 saturated heterocycles. The maximum atomic E-state index is 12.1. The molecule has 158 valence electrons. The van der Waals surface area contributed by atoms with Crippen molar-refractivity contribution in [2.75, 3.05) is 5.73 Å². The van der Waals surface area contributed by atoms with Gasteiger partial charge in [-0.15, -0.1) is 0 Å². The van der Waals surface area contributed by atoms with Gasteiger partial charge in [-0.05, 0) is 33.8 Å². The van der Waals surface area contributed by atoms with Crippen molar-refractivity contribution in [1.82, 2.24) is 14.5 Å². The minimum absolute atomic E-state index is 0.221. The predicted molar refractivity (Wildman–Crippen MR) is 116 cm³/mol. The van der Waals surface area contributed by atoms with Crippen molar-refractivity contribution in [3.05, 3.63) is 35.3 Å². The molecule has 0 aliphatic rings. The monoisotopic (exact) mass is 400 g/mol. The van der Waals surface area contributed by atoms with Crippen LogP contribution in [0.1, 0.15) is 58.6 Å². The third-order valence-corrected chi connectivity index (χ3v) is 4.32. The Morgan fingerprint density at radius 2 is 1.93 bits per heavy atom. The van der Waals surface area contributed by atoms with Crippen LogP contribution in [0.2, 0.25) is 0 Å². The summed E-state index contributed by atoms with van der Waals surface area (Å²) in [5.41, 5.74) is 8.98. The number of anilines is 1. The van der Waals surface area contributed by atoms with Crippen LogP contribution in [0.5, 0.6) is 0 Å². The second kappa shape index (κ2) is 8.37. The number of imidazole rings is 1. The number of ether oxygens (including phenoxy) is 1. The van der Waals surface area contributed by atoms with Gasteiger partial charge in [-0.2, -0.15) is 0 Å². The number of hydrogen-bond donors (Lipinski definition) is 2. The summed E-state index contributed by atoms with van der Waals surface area (Å²) in [6.07, 6.45) is 2.60. The average molecular weight is 401 g/mol. The summed E-state index contributed by atoms with van der Waals surface area (Å²) in [5, 5.41) is 10.1. The standard InChI is InChI=1S/C22H32N4O3/c1-12(2)29-20(28)13(3)9-10-16-15(5)24-19(23)17-18(16)26(11-14(4)27)21(25-17)22(6,7)8/h9-10,12,14,27H,3,11H2,1-2,4-8H3,(H2,23,24). The summed E-state index contributed by atoms with van der Waals surface area (Å²) < 4.78 is 7.17. The maximum absolute atomic E-state index is 12.1. The van der Waals surface area contributed by atoms with E-state index < -0.39 is 12.1 Å². The van der Waals surface area contributed by atoms with Gasteiger partial charge in [0, 0.05) is 16.7 Å². The fourth-order valence-electron chi connectivity index (χ4n) is 3.13. The number of aliphatic hydroxyl groups is 1. The van der Waals surface area contributed by atoms with Crippen molar-refractivity contribution in [3.8, 4) is 0 Å². The molecule has 0 radical (unpaired) electrons. The highest BCUT2D eigenvalue weighted by molar-refractivity contribution is 5.96. The van der Waals surface area contributed by atoms with Crippen molar-refractivity contribution in [2.45, 2.75) is 72.6 Å². The van der Waals surface area contributed by atoms with Gasteiger partial charge in [0.05, 0.1) is 29.8 Å². The molecule has 0 aromatic carbocycles. The first-order valence-electron chi connectivity index (χ1n) is 9.75. The molecule has 0 amide bonds. The van der Waals surface area contributed by atoms with Gasteiger partial charge in [-0.1, -0.05) is 33.4 Å². The van der Waals surface area contributed by atoms with Crippen molar-refractivity contribution in [3.63, 3.8) is 0 Å². The Hall–Kier alpha value is -2.67. The highest BCUT2D eigenvalue weighted by Gasteiger charge is 2.26. The summed E-state index contributed by atoms with van der Waals surface area (Å²) in [7, 11) is 0. The number of nitrogen functional groups attached to an aromatic ring is 1.